The topological polar surface area (TPSA) is 75.1 Å². The quantitative estimate of drug-likeness (QED) is 0.194. The lowest BCUT2D eigenvalue weighted by molar-refractivity contribution is -0.141. The van der Waals surface area contributed by atoms with Crippen LogP contribution < -0.4 is 0 Å². The molecule has 0 amide bonds. The van der Waals surface area contributed by atoms with E-state index in [1.165, 1.54) is 0 Å². The first-order valence-electron chi connectivity index (χ1n) is 3.04. The number of hydrogen-bond donors (Lipinski definition) is 0. The van der Waals surface area contributed by atoms with Gasteiger partial charge in [0.1, 0.15) is 3.92 Å². The van der Waals surface area contributed by atoms with Crippen LogP contribution in [-0.4, -0.2) is 23.0 Å². The second-order valence-corrected chi connectivity index (χ2v) is 3.14. The van der Waals surface area contributed by atoms with Crippen molar-refractivity contribution in [3.05, 3.63) is 10.4 Å². The van der Waals surface area contributed by atoms with E-state index < -0.39 is 0 Å². The van der Waals surface area contributed by atoms with Crippen LogP contribution in [0.25, 0.3) is 10.4 Å². The Labute approximate surface area is 77.9 Å². The standard InChI is InChI=1S/C5H8IN3O2/c1-2-11-5(10)4(6)3-8-9-7/h4H,2-3H2,1H3. The third-order valence-electron chi connectivity index (χ3n) is 0.848. The number of esters is 1. The van der Waals surface area contributed by atoms with E-state index in [1.807, 2.05) is 22.6 Å². The fourth-order valence-corrected chi connectivity index (χ4v) is 0.771. The second kappa shape index (κ2) is 6.23. The number of carbonyl (C=O) groups is 1. The molecule has 0 aromatic rings. The molecule has 0 saturated carbocycles. The van der Waals surface area contributed by atoms with Gasteiger partial charge in [-0.1, -0.05) is 27.7 Å². The van der Waals surface area contributed by atoms with E-state index in [4.69, 9.17) is 5.53 Å². The molecule has 0 fully saturated rings. The zero-order chi connectivity index (χ0) is 8.69. The fraction of sp³-hybridized carbons (Fsp3) is 0.800. The van der Waals surface area contributed by atoms with Gasteiger partial charge in [0.2, 0.25) is 0 Å². The predicted molar refractivity (Wildman–Crippen MR) is 48.5 cm³/mol. The van der Waals surface area contributed by atoms with Gasteiger partial charge in [0.05, 0.1) is 6.61 Å². The maximum atomic E-state index is 10.8. The summed E-state index contributed by atoms with van der Waals surface area (Å²) in [5, 5.41) is 3.25. The molecule has 0 saturated heterocycles. The van der Waals surface area contributed by atoms with Crippen LogP contribution >= 0.6 is 22.6 Å². The zero-order valence-electron chi connectivity index (χ0n) is 6.03. The van der Waals surface area contributed by atoms with Gasteiger partial charge in [-0.3, -0.25) is 4.79 Å². The van der Waals surface area contributed by atoms with Crippen LogP contribution in [0.2, 0.25) is 0 Å². The van der Waals surface area contributed by atoms with Gasteiger partial charge in [-0.2, -0.15) is 0 Å². The number of alkyl halides is 1. The molecular formula is C5H8IN3O2. The van der Waals surface area contributed by atoms with Gasteiger partial charge in [-0.25, -0.2) is 0 Å². The molecule has 0 radical (unpaired) electrons. The van der Waals surface area contributed by atoms with Crippen molar-refractivity contribution in [3.63, 3.8) is 0 Å². The molecule has 0 aliphatic rings. The maximum Gasteiger partial charge on any atom is 0.319 e. The van der Waals surface area contributed by atoms with Crippen molar-refractivity contribution in [2.45, 2.75) is 10.8 Å². The average molecular weight is 269 g/mol. The summed E-state index contributed by atoms with van der Waals surface area (Å²) in [4.78, 5) is 13.4. The molecule has 5 nitrogen and oxygen atoms in total. The summed E-state index contributed by atoms with van der Waals surface area (Å²) in [6, 6.07) is 0. The number of azide groups is 1. The van der Waals surface area contributed by atoms with Crippen molar-refractivity contribution in [2.24, 2.45) is 5.11 Å². The van der Waals surface area contributed by atoms with E-state index in [1.54, 1.807) is 6.92 Å². The van der Waals surface area contributed by atoms with Gasteiger partial charge in [-0.05, 0) is 12.5 Å². The number of nitrogens with zero attached hydrogens (tertiary/aromatic N) is 3. The molecule has 1 atom stereocenters. The van der Waals surface area contributed by atoms with E-state index in [2.05, 4.69) is 14.8 Å². The van der Waals surface area contributed by atoms with Gasteiger partial charge >= 0.3 is 5.97 Å². The Morgan fingerprint density at radius 2 is 2.55 bits per heavy atom. The van der Waals surface area contributed by atoms with Gasteiger partial charge in [-0.15, -0.1) is 0 Å². The molecule has 1 unspecified atom stereocenters. The Morgan fingerprint density at radius 1 is 1.91 bits per heavy atom. The number of hydrogen-bond acceptors (Lipinski definition) is 3. The Balaban J connectivity index is 3.72. The van der Waals surface area contributed by atoms with E-state index in [-0.39, 0.29) is 16.4 Å². The van der Waals surface area contributed by atoms with E-state index >= 15 is 0 Å². The Hall–Kier alpha value is -0.490. The van der Waals surface area contributed by atoms with Gasteiger partial charge < -0.3 is 4.74 Å². The van der Waals surface area contributed by atoms with Crippen molar-refractivity contribution in [1.29, 1.82) is 0 Å². The van der Waals surface area contributed by atoms with Crippen LogP contribution in [-0.2, 0) is 9.53 Å². The minimum absolute atomic E-state index is 0.149. The van der Waals surface area contributed by atoms with E-state index in [0.717, 1.165) is 0 Å². The van der Waals surface area contributed by atoms with Crippen molar-refractivity contribution in [3.8, 4) is 0 Å². The third-order valence-corrected chi connectivity index (χ3v) is 1.75. The van der Waals surface area contributed by atoms with Crippen molar-refractivity contribution >= 4 is 28.6 Å². The number of carbonyl (C=O) groups excluding carboxylic acids is 1. The fourth-order valence-electron chi connectivity index (χ4n) is 0.415. The molecule has 0 aromatic carbocycles. The van der Waals surface area contributed by atoms with Crippen LogP contribution in [0.3, 0.4) is 0 Å². The lowest BCUT2D eigenvalue weighted by Crippen LogP contribution is -2.19. The Bertz CT molecular complexity index is 179. The highest BCUT2D eigenvalue weighted by molar-refractivity contribution is 14.1. The van der Waals surface area contributed by atoms with Crippen LogP contribution in [0.1, 0.15) is 6.92 Å². The van der Waals surface area contributed by atoms with E-state index in [0.29, 0.717) is 6.61 Å². The molecule has 0 heterocycles. The van der Waals surface area contributed by atoms with Crippen LogP contribution in [0.15, 0.2) is 5.11 Å². The minimum atomic E-state index is -0.372. The van der Waals surface area contributed by atoms with Crippen LogP contribution in [0, 0.1) is 0 Å². The molecule has 62 valence electrons. The molecule has 0 aliphatic heterocycles. The van der Waals surface area contributed by atoms with Crippen LogP contribution in [0.4, 0.5) is 0 Å². The summed E-state index contributed by atoms with van der Waals surface area (Å²) in [7, 11) is 0. The summed E-state index contributed by atoms with van der Waals surface area (Å²) in [5.74, 6) is -0.333. The molecule has 11 heavy (non-hydrogen) atoms. The second-order valence-electron chi connectivity index (χ2n) is 1.63. The molecule has 0 aliphatic carbocycles. The van der Waals surface area contributed by atoms with Crippen LogP contribution in [0.5, 0.6) is 0 Å². The lowest BCUT2D eigenvalue weighted by atomic mass is 10.4. The highest BCUT2D eigenvalue weighted by atomic mass is 127. The van der Waals surface area contributed by atoms with Gasteiger partial charge in [0.25, 0.3) is 0 Å². The molecule has 0 spiro atoms. The first-order valence-corrected chi connectivity index (χ1v) is 4.28. The largest absolute Gasteiger partial charge is 0.465 e. The molecular weight excluding hydrogens is 261 g/mol. The van der Waals surface area contributed by atoms with Crippen molar-refractivity contribution in [1.82, 2.24) is 0 Å². The van der Waals surface area contributed by atoms with Gasteiger partial charge in [0, 0.05) is 11.5 Å². The molecule has 6 heteroatoms. The average Bonchev–Trinajstić information content (AvgIpc) is 2.00. The predicted octanol–water partition coefficient (Wildman–Crippen LogP) is 1.66. The minimum Gasteiger partial charge on any atom is -0.465 e. The summed E-state index contributed by atoms with van der Waals surface area (Å²) in [6.07, 6.45) is 0. The summed E-state index contributed by atoms with van der Waals surface area (Å²) >= 11 is 1.87. The number of halogens is 1. The molecule has 0 bridgehead atoms. The third kappa shape index (κ3) is 4.86. The SMILES string of the molecule is CCOC(=O)C(I)CN=[N+]=[N-]. The first kappa shape index (κ1) is 10.5. The Kier molecular flexibility index (Phi) is 5.96. The summed E-state index contributed by atoms with van der Waals surface area (Å²) in [6.45, 7) is 2.24. The van der Waals surface area contributed by atoms with Crippen molar-refractivity contribution < 1.29 is 9.53 Å². The molecule has 0 aromatic heterocycles. The molecule has 0 rings (SSSR count). The van der Waals surface area contributed by atoms with Crippen molar-refractivity contribution in [2.75, 3.05) is 13.2 Å². The summed E-state index contributed by atoms with van der Waals surface area (Å²) < 4.78 is 4.30. The smallest absolute Gasteiger partial charge is 0.319 e. The number of rotatable bonds is 4. The zero-order valence-corrected chi connectivity index (χ0v) is 8.19. The normalized spacial score (nSPS) is 11.5. The highest BCUT2D eigenvalue weighted by Gasteiger charge is 2.13. The Morgan fingerprint density at radius 3 is 3.00 bits per heavy atom. The lowest BCUT2D eigenvalue weighted by Gasteiger charge is -2.04. The first-order chi connectivity index (χ1) is 5.22. The van der Waals surface area contributed by atoms with Gasteiger partial charge in [0.15, 0.2) is 0 Å². The number of ether oxygens (including phenoxy) is 1. The highest BCUT2D eigenvalue weighted by Crippen LogP contribution is 2.03. The maximum absolute atomic E-state index is 10.8. The summed E-state index contributed by atoms with van der Waals surface area (Å²) in [5.41, 5.74) is 7.93. The monoisotopic (exact) mass is 269 g/mol. The molecule has 0 N–H and O–H groups in total. The van der Waals surface area contributed by atoms with E-state index in [9.17, 15) is 4.79 Å².